The summed E-state index contributed by atoms with van der Waals surface area (Å²) in [5.41, 5.74) is 0.342. The average Bonchev–Trinajstić information content (AvgIpc) is 2.68. The van der Waals surface area contributed by atoms with Crippen molar-refractivity contribution in [3.63, 3.8) is 0 Å². The minimum Gasteiger partial charge on any atom is -0.497 e. The molecule has 1 N–H and O–H groups in total. The largest absolute Gasteiger partial charge is 0.497 e. The lowest BCUT2D eigenvalue weighted by atomic mass is 9.82. The number of rotatable bonds is 6. The van der Waals surface area contributed by atoms with E-state index in [1.165, 1.54) is 20.3 Å². The van der Waals surface area contributed by atoms with Gasteiger partial charge in [-0.15, -0.1) is 0 Å². The summed E-state index contributed by atoms with van der Waals surface area (Å²) in [6, 6.07) is 9.70. The van der Waals surface area contributed by atoms with Crippen LogP contribution in [0.15, 0.2) is 36.4 Å². The Hall–Kier alpha value is -2.18. The van der Waals surface area contributed by atoms with E-state index in [9.17, 15) is 8.78 Å². The first-order valence-corrected chi connectivity index (χ1v) is 8.58. The molecule has 0 bridgehead atoms. The summed E-state index contributed by atoms with van der Waals surface area (Å²) in [7, 11) is 2.98. The van der Waals surface area contributed by atoms with Crippen LogP contribution in [0.25, 0.3) is 0 Å². The lowest BCUT2D eigenvalue weighted by molar-refractivity contribution is 0.0341. The molecular weight excluding hydrogens is 340 g/mol. The SMILES string of the molecule is COc1ccc(F)c(CNC2(c3cccc(OC)c3F)CCOCC2)c1. The number of methoxy groups -OCH3 is 2. The summed E-state index contributed by atoms with van der Waals surface area (Å²) in [6.45, 7) is 1.26. The summed E-state index contributed by atoms with van der Waals surface area (Å²) >= 11 is 0. The van der Waals surface area contributed by atoms with Crippen LogP contribution in [0, 0.1) is 11.6 Å². The van der Waals surface area contributed by atoms with Crippen LogP contribution < -0.4 is 14.8 Å². The van der Waals surface area contributed by atoms with Crippen molar-refractivity contribution in [1.29, 1.82) is 0 Å². The highest BCUT2D eigenvalue weighted by atomic mass is 19.1. The van der Waals surface area contributed by atoms with Crippen molar-refractivity contribution in [2.45, 2.75) is 24.9 Å². The van der Waals surface area contributed by atoms with Crippen LogP contribution in [0.1, 0.15) is 24.0 Å². The van der Waals surface area contributed by atoms with E-state index in [-0.39, 0.29) is 18.1 Å². The Bertz CT molecular complexity index is 761. The third-order valence-electron chi connectivity index (χ3n) is 4.92. The van der Waals surface area contributed by atoms with E-state index in [1.807, 2.05) is 0 Å². The third-order valence-corrected chi connectivity index (χ3v) is 4.92. The molecule has 0 unspecified atom stereocenters. The Kier molecular flexibility index (Phi) is 5.74. The Labute approximate surface area is 152 Å². The van der Waals surface area contributed by atoms with Gasteiger partial charge >= 0.3 is 0 Å². The van der Waals surface area contributed by atoms with Crippen LogP contribution >= 0.6 is 0 Å². The van der Waals surface area contributed by atoms with Crippen molar-refractivity contribution < 1.29 is 23.0 Å². The lowest BCUT2D eigenvalue weighted by Gasteiger charge is -2.39. The molecule has 0 spiro atoms. The summed E-state index contributed by atoms with van der Waals surface area (Å²) in [5, 5.41) is 3.38. The minimum absolute atomic E-state index is 0.197. The summed E-state index contributed by atoms with van der Waals surface area (Å²) in [6.07, 6.45) is 1.17. The first kappa shape index (κ1) is 18.6. The van der Waals surface area contributed by atoms with Gasteiger partial charge in [-0.1, -0.05) is 12.1 Å². The second kappa shape index (κ2) is 8.01. The van der Waals surface area contributed by atoms with Crippen LogP contribution in [0.3, 0.4) is 0 Å². The maximum atomic E-state index is 14.9. The van der Waals surface area contributed by atoms with Crippen molar-refractivity contribution in [3.8, 4) is 11.5 Å². The minimum atomic E-state index is -0.646. The van der Waals surface area contributed by atoms with E-state index in [0.29, 0.717) is 42.9 Å². The molecule has 3 rings (SSSR count). The topological polar surface area (TPSA) is 39.7 Å². The standard InChI is InChI=1S/C20H23F2NO3/c1-24-15-6-7-17(21)14(12-15)13-23-20(8-10-26-11-9-20)16-4-3-5-18(25-2)19(16)22/h3-7,12,23H,8-11,13H2,1-2H3. The molecule has 2 aromatic rings. The maximum absolute atomic E-state index is 14.9. The molecule has 1 saturated heterocycles. The number of hydrogen-bond acceptors (Lipinski definition) is 4. The number of halogens is 2. The first-order chi connectivity index (χ1) is 12.6. The van der Waals surface area contributed by atoms with Gasteiger partial charge in [-0.05, 0) is 37.1 Å². The van der Waals surface area contributed by atoms with Crippen LogP contribution in [0.5, 0.6) is 11.5 Å². The number of benzene rings is 2. The van der Waals surface area contributed by atoms with Crippen LogP contribution in [-0.2, 0) is 16.8 Å². The van der Waals surface area contributed by atoms with E-state index >= 15 is 0 Å². The molecule has 2 aromatic carbocycles. The Morgan fingerprint density at radius 1 is 1.08 bits per heavy atom. The third kappa shape index (κ3) is 3.66. The molecule has 4 nitrogen and oxygen atoms in total. The summed E-state index contributed by atoms with van der Waals surface area (Å²) in [5.74, 6) is 0.0571. The molecule has 0 saturated carbocycles. The van der Waals surface area contributed by atoms with Crippen LogP contribution in [-0.4, -0.2) is 27.4 Å². The molecule has 1 fully saturated rings. The average molecular weight is 363 g/mol. The zero-order valence-electron chi connectivity index (χ0n) is 15.0. The van der Waals surface area contributed by atoms with E-state index in [1.54, 1.807) is 30.3 Å². The fourth-order valence-corrected chi connectivity index (χ4v) is 3.38. The maximum Gasteiger partial charge on any atom is 0.170 e. The molecule has 0 atom stereocenters. The summed E-state index contributed by atoms with van der Waals surface area (Å²) in [4.78, 5) is 0. The lowest BCUT2D eigenvalue weighted by Crippen LogP contribution is -2.47. The van der Waals surface area contributed by atoms with Crippen molar-refractivity contribution in [3.05, 3.63) is 59.2 Å². The summed E-state index contributed by atoms with van der Waals surface area (Å²) < 4.78 is 44.9. The molecule has 0 amide bonds. The zero-order valence-corrected chi connectivity index (χ0v) is 15.0. The van der Waals surface area contributed by atoms with E-state index in [4.69, 9.17) is 14.2 Å². The highest BCUT2D eigenvalue weighted by Crippen LogP contribution is 2.37. The van der Waals surface area contributed by atoms with Crippen molar-refractivity contribution >= 4 is 0 Å². The van der Waals surface area contributed by atoms with Gasteiger partial charge in [0.2, 0.25) is 0 Å². The monoisotopic (exact) mass is 363 g/mol. The smallest absolute Gasteiger partial charge is 0.170 e. The zero-order chi connectivity index (χ0) is 18.6. The highest BCUT2D eigenvalue weighted by Gasteiger charge is 2.37. The van der Waals surface area contributed by atoms with E-state index in [2.05, 4.69) is 5.32 Å². The fraction of sp³-hybridized carbons (Fsp3) is 0.400. The van der Waals surface area contributed by atoms with Crippen molar-refractivity contribution in [2.24, 2.45) is 0 Å². The van der Waals surface area contributed by atoms with Crippen LogP contribution in [0.2, 0.25) is 0 Å². The molecule has 140 valence electrons. The predicted molar refractivity (Wildman–Crippen MR) is 94.5 cm³/mol. The molecule has 1 heterocycles. The molecule has 0 aromatic heterocycles. The second-order valence-corrected chi connectivity index (χ2v) is 6.33. The van der Waals surface area contributed by atoms with Crippen LogP contribution in [0.4, 0.5) is 8.78 Å². The number of hydrogen-bond donors (Lipinski definition) is 1. The Morgan fingerprint density at radius 2 is 1.85 bits per heavy atom. The molecule has 6 heteroatoms. The Morgan fingerprint density at radius 3 is 2.54 bits per heavy atom. The predicted octanol–water partition coefficient (Wildman–Crippen LogP) is 3.78. The van der Waals surface area contributed by atoms with Gasteiger partial charge in [-0.2, -0.15) is 0 Å². The molecule has 26 heavy (non-hydrogen) atoms. The number of nitrogens with one attached hydrogen (secondary N) is 1. The second-order valence-electron chi connectivity index (χ2n) is 6.33. The van der Waals surface area contributed by atoms with Gasteiger partial charge in [-0.25, -0.2) is 8.78 Å². The van der Waals surface area contributed by atoms with Gasteiger partial charge in [0.1, 0.15) is 11.6 Å². The highest BCUT2D eigenvalue weighted by molar-refractivity contribution is 5.37. The van der Waals surface area contributed by atoms with Gasteiger partial charge < -0.3 is 19.5 Å². The van der Waals surface area contributed by atoms with E-state index in [0.717, 1.165) is 0 Å². The molecule has 0 radical (unpaired) electrons. The van der Waals surface area contributed by atoms with Gasteiger partial charge in [-0.3, -0.25) is 0 Å². The molecule has 1 aliphatic heterocycles. The quantitative estimate of drug-likeness (QED) is 0.848. The first-order valence-electron chi connectivity index (χ1n) is 8.58. The van der Waals surface area contributed by atoms with Gasteiger partial charge in [0.25, 0.3) is 0 Å². The van der Waals surface area contributed by atoms with Gasteiger partial charge in [0.05, 0.1) is 19.8 Å². The molecular formula is C20H23F2NO3. The Balaban J connectivity index is 1.92. The van der Waals surface area contributed by atoms with E-state index < -0.39 is 11.4 Å². The number of ether oxygens (including phenoxy) is 3. The van der Waals surface area contributed by atoms with Crippen molar-refractivity contribution in [1.82, 2.24) is 5.32 Å². The van der Waals surface area contributed by atoms with Crippen molar-refractivity contribution in [2.75, 3.05) is 27.4 Å². The molecule has 1 aliphatic rings. The van der Waals surface area contributed by atoms with Gasteiger partial charge in [0.15, 0.2) is 11.6 Å². The van der Waals surface area contributed by atoms with Gasteiger partial charge in [0, 0.05) is 30.9 Å². The normalized spacial score (nSPS) is 16.3. The molecule has 0 aliphatic carbocycles. The fourth-order valence-electron chi connectivity index (χ4n) is 3.38.